The molecule has 0 aromatic heterocycles. The van der Waals surface area contributed by atoms with Crippen LogP contribution in [0.5, 0.6) is 0 Å². The number of benzene rings is 1. The summed E-state index contributed by atoms with van der Waals surface area (Å²) in [5.74, 6) is 0.145. The summed E-state index contributed by atoms with van der Waals surface area (Å²) >= 11 is 0. The van der Waals surface area contributed by atoms with Crippen molar-refractivity contribution < 1.29 is 9.18 Å². The van der Waals surface area contributed by atoms with Crippen LogP contribution in [-0.4, -0.2) is 19.0 Å². The molecule has 0 saturated heterocycles. The molecule has 0 aliphatic rings. The lowest BCUT2D eigenvalue weighted by Crippen LogP contribution is -2.45. The predicted molar refractivity (Wildman–Crippen MR) is 79.9 cm³/mol. The molecule has 1 rings (SSSR count). The highest BCUT2D eigenvalue weighted by atomic mass is 19.1. The van der Waals surface area contributed by atoms with Crippen molar-refractivity contribution in [2.24, 2.45) is 5.92 Å². The van der Waals surface area contributed by atoms with E-state index in [-0.39, 0.29) is 23.8 Å². The average molecular weight is 280 g/mol. The van der Waals surface area contributed by atoms with Gasteiger partial charge in [-0.15, -0.1) is 0 Å². The number of carbonyl (C=O) groups is 1. The molecule has 0 bridgehead atoms. The van der Waals surface area contributed by atoms with Crippen molar-refractivity contribution >= 4 is 5.91 Å². The van der Waals surface area contributed by atoms with E-state index in [1.54, 1.807) is 13.1 Å². The van der Waals surface area contributed by atoms with Gasteiger partial charge in [0, 0.05) is 13.1 Å². The van der Waals surface area contributed by atoms with Crippen molar-refractivity contribution in [2.75, 3.05) is 7.05 Å². The lowest BCUT2D eigenvalue weighted by molar-refractivity contribution is -0.123. The predicted octanol–water partition coefficient (Wildman–Crippen LogP) is 3.03. The first-order valence-electron chi connectivity index (χ1n) is 7.21. The molecular formula is C16H25FN2O. The third kappa shape index (κ3) is 4.93. The molecule has 0 spiro atoms. The third-order valence-electron chi connectivity index (χ3n) is 3.33. The number of hydrogen-bond acceptors (Lipinski definition) is 2. The van der Waals surface area contributed by atoms with E-state index in [0.717, 1.165) is 18.4 Å². The first kappa shape index (κ1) is 16.6. The highest BCUT2D eigenvalue weighted by Crippen LogP contribution is 2.19. The fourth-order valence-corrected chi connectivity index (χ4v) is 2.31. The van der Waals surface area contributed by atoms with Crippen molar-refractivity contribution in [3.05, 3.63) is 35.6 Å². The van der Waals surface area contributed by atoms with Gasteiger partial charge < -0.3 is 5.32 Å². The van der Waals surface area contributed by atoms with Gasteiger partial charge in [-0.05, 0) is 36.5 Å². The van der Waals surface area contributed by atoms with Crippen LogP contribution in [0.25, 0.3) is 0 Å². The van der Waals surface area contributed by atoms with Gasteiger partial charge in [0.2, 0.25) is 5.91 Å². The maximum Gasteiger partial charge on any atom is 0.236 e. The Morgan fingerprint density at radius 1 is 1.35 bits per heavy atom. The molecule has 2 N–H and O–H groups in total. The van der Waals surface area contributed by atoms with Crippen LogP contribution in [-0.2, 0) is 4.79 Å². The molecule has 112 valence electrons. The highest BCUT2D eigenvalue weighted by molar-refractivity contribution is 5.81. The van der Waals surface area contributed by atoms with E-state index in [0.29, 0.717) is 5.92 Å². The van der Waals surface area contributed by atoms with Crippen molar-refractivity contribution in [3.8, 4) is 0 Å². The number of likely N-dealkylation sites (N-methyl/N-ethyl adjacent to an activating group) is 1. The van der Waals surface area contributed by atoms with Gasteiger partial charge in [-0.25, -0.2) is 4.39 Å². The van der Waals surface area contributed by atoms with Gasteiger partial charge in [0.1, 0.15) is 5.82 Å². The van der Waals surface area contributed by atoms with Crippen LogP contribution in [0.3, 0.4) is 0 Å². The number of amides is 1. The van der Waals surface area contributed by atoms with Gasteiger partial charge in [-0.2, -0.15) is 0 Å². The summed E-state index contributed by atoms with van der Waals surface area (Å²) in [6.07, 6.45) is 1.56. The fourth-order valence-electron chi connectivity index (χ4n) is 2.31. The normalized spacial score (nSPS) is 14.1. The van der Waals surface area contributed by atoms with Gasteiger partial charge in [0.25, 0.3) is 0 Å². The molecule has 2 atom stereocenters. The van der Waals surface area contributed by atoms with E-state index in [9.17, 15) is 9.18 Å². The Morgan fingerprint density at radius 3 is 2.55 bits per heavy atom. The lowest BCUT2D eigenvalue weighted by atomic mass is 9.98. The average Bonchev–Trinajstić information content (AvgIpc) is 2.42. The molecule has 0 radical (unpaired) electrons. The molecule has 0 heterocycles. The molecule has 4 heteroatoms. The maximum atomic E-state index is 13.3. The second kappa shape index (κ2) is 8.00. The van der Waals surface area contributed by atoms with E-state index < -0.39 is 0 Å². The van der Waals surface area contributed by atoms with Crippen LogP contribution in [0.1, 0.15) is 45.2 Å². The van der Waals surface area contributed by atoms with Gasteiger partial charge in [-0.1, -0.05) is 32.9 Å². The standard InChI is InChI=1S/C16H25FN2O/c1-5-14(12-7-6-8-13(17)10-12)19-15(9-11(2)3)16(20)18-4/h6-8,10-11,14-15,19H,5,9H2,1-4H3,(H,18,20). The van der Waals surface area contributed by atoms with Gasteiger partial charge in [-0.3, -0.25) is 10.1 Å². The van der Waals surface area contributed by atoms with Gasteiger partial charge >= 0.3 is 0 Å². The summed E-state index contributed by atoms with van der Waals surface area (Å²) in [6, 6.07) is 6.27. The number of halogens is 1. The van der Waals surface area contributed by atoms with Crippen molar-refractivity contribution in [2.45, 2.75) is 45.7 Å². The Morgan fingerprint density at radius 2 is 2.05 bits per heavy atom. The van der Waals surface area contributed by atoms with Crippen LogP contribution < -0.4 is 10.6 Å². The Bertz CT molecular complexity index is 434. The second-order valence-electron chi connectivity index (χ2n) is 5.48. The Kier molecular flexibility index (Phi) is 6.65. The highest BCUT2D eigenvalue weighted by Gasteiger charge is 2.22. The van der Waals surface area contributed by atoms with E-state index in [2.05, 4.69) is 24.5 Å². The van der Waals surface area contributed by atoms with Crippen molar-refractivity contribution in [1.82, 2.24) is 10.6 Å². The largest absolute Gasteiger partial charge is 0.358 e. The SMILES string of the molecule is CCC(NC(CC(C)C)C(=O)NC)c1cccc(F)c1. The van der Waals surface area contributed by atoms with Crippen molar-refractivity contribution in [1.29, 1.82) is 0 Å². The zero-order valence-electron chi connectivity index (χ0n) is 12.7. The summed E-state index contributed by atoms with van der Waals surface area (Å²) in [7, 11) is 1.64. The van der Waals surface area contributed by atoms with Gasteiger partial charge in [0.05, 0.1) is 6.04 Å². The van der Waals surface area contributed by atoms with Crippen molar-refractivity contribution in [3.63, 3.8) is 0 Å². The third-order valence-corrected chi connectivity index (χ3v) is 3.33. The maximum absolute atomic E-state index is 13.3. The molecule has 20 heavy (non-hydrogen) atoms. The van der Waals surface area contributed by atoms with Crippen LogP contribution >= 0.6 is 0 Å². The molecule has 0 aliphatic carbocycles. The minimum absolute atomic E-state index is 0.0199. The smallest absolute Gasteiger partial charge is 0.236 e. The Balaban J connectivity index is 2.85. The van der Waals surface area contributed by atoms with E-state index >= 15 is 0 Å². The lowest BCUT2D eigenvalue weighted by Gasteiger charge is -2.25. The summed E-state index contributed by atoms with van der Waals surface area (Å²) in [5, 5.41) is 6.04. The topological polar surface area (TPSA) is 41.1 Å². The molecule has 0 saturated carbocycles. The summed E-state index contributed by atoms with van der Waals surface area (Å²) in [5.41, 5.74) is 0.880. The van der Waals surface area contributed by atoms with E-state index in [1.165, 1.54) is 12.1 Å². The quantitative estimate of drug-likeness (QED) is 0.806. The minimum Gasteiger partial charge on any atom is -0.358 e. The zero-order valence-corrected chi connectivity index (χ0v) is 12.7. The van der Waals surface area contributed by atoms with Crippen LogP contribution in [0.2, 0.25) is 0 Å². The van der Waals surface area contributed by atoms with E-state index in [1.807, 2.05) is 13.0 Å². The molecule has 1 aromatic carbocycles. The first-order valence-corrected chi connectivity index (χ1v) is 7.21. The number of nitrogens with one attached hydrogen (secondary N) is 2. The van der Waals surface area contributed by atoms with Crippen LogP contribution in [0.15, 0.2) is 24.3 Å². The first-order chi connectivity index (χ1) is 9.47. The monoisotopic (exact) mass is 280 g/mol. The Labute approximate surface area is 121 Å². The molecular weight excluding hydrogens is 255 g/mol. The molecule has 0 fully saturated rings. The van der Waals surface area contributed by atoms with Gasteiger partial charge in [0.15, 0.2) is 0 Å². The summed E-state index contributed by atoms with van der Waals surface area (Å²) in [4.78, 5) is 11.9. The molecule has 2 unspecified atom stereocenters. The fraction of sp³-hybridized carbons (Fsp3) is 0.562. The molecule has 1 aromatic rings. The minimum atomic E-state index is -0.256. The zero-order chi connectivity index (χ0) is 15.1. The number of carbonyl (C=O) groups excluding carboxylic acids is 1. The number of hydrogen-bond donors (Lipinski definition) is 2. The summed E-state index contributed by atoms with van der Waals surface area (Å²) in [6.45, 7) is 6.19. The van der Waals surface area contributed by atoms with E-state index in [4.69, 9.17) is 0 Å². The molecule has 1 amide bonds. The van der Waals surface area contributed by atoms with Crippen LogP contribution in [0.4, 0.5) is 4.39 Å². The van der Waals surface area contributed by atoms with Crippen LogP contribution in [0, 0.1) is 11.7 Å². The Hall–Kier alpha value is -1.42. The second-order valence-corrected chi connectivity index (χ2v) is 5.48. The number of rotatable bonds is 7. The molecule has 3 nitrogen and oxygen atoms in total. The molecule has 0 aliphatic heterocycles. The summed E-state index contributed by atoms with van der Waals surface area (Å²) < 4.78 is 13.3.